The highest BCUT2D eigenvalue weighted by Gasteiger charge is 2.10. The highest BCUT2D eigenvalue weighted by atomic mass is 35.5. The van der Waals surface area contributed by atoms with E-state index >= 15 is 0 Å². The van der Waals surface area contributed by atoms with Gasteiger partial charge in [-0.3, -0.25) is 4.79 Å². The van der Waals surface area contributed by atoms with Crippen LogP contribution in [0.1, 0.15) is 15.4 Å². The van der Waals surface area contributed by atoms with Crippen molar-refractivity contribution in [2.75, 3.05) is 5.73 Å². The van der Waals surface area contributed by atoms with Crippen LogP contribution < -0.4 is 5.73 Å². The summed E-state index contributed by atoms with van der Waals surface area (Å²) in [4.78, 5) is 15.9. The maximum atomic E-state index is 11.9. The molecular formula is C11H9ClN2OS. The second kappa shape index (κ2) is 4.63. The molecule has 0 aliphatic rings. The van der Waals surface area contributed by atoms with Crippen LogP contribution in [0, 0.1) is 0 Å². The van der Waals surface area contributed by atoms with E-state index in [1.807, 2.05) is 5.38 Å². The Balaban J connectivity index is 2.21. The van der Waals surface area contributed by atoms with E-state index in [0.29, 0.717) is 16.3 Å². The molecule has 0 aliphatic carbocycles. The Kier molecular flexibility index (Phi) is 3.22. The zero-order chi connectivity index (χ0) is 11.5. The molecule has 0 aliphatic heterocycles. The SMILES string of the molecule is Nc1cc(Cl)cc(C(=O)Cc2nccs2)c1. The molecule has 3 nitrogen and oxygen atoms in total. The number of benzene rings is 1. The third-order valence-corrected chi connectivity index (χ3v) is 3.04. The zero-order valence-electron chi connectivity index (χ0n) is 8.31. The number of halogens is 1. The average molecular weight is 253 g/mol. The fourth-order valence-corrected chi connectivity index (χ4v) is 2.21. The van der Waals surface area contributed by atoms with Crippen molar-refractivity contribution >= 4 is 34.4 Å². The smallest absolute Gasteiger partial charge is 0.169 e. The second-order valence-electron chi connectivity index (χ2n) is 3.30. The molecule has 1 aromatic carbocycles. The molecule has 82 valence electrons. The highest BCUT2D eigenvalue weighted by molar-refractivity contribution is 7.09. The van der Waals surface area contributed by atoms with Crippen molar-refractivity contribution in [3.05, 3.63) is 45.4 Å². The van der Waals surface area contributed by atoms with Gasteiger partial charge in [-0.1, -0.05) is 11.6 Å². The summed E-state index contributed by atoms with van der Waals surface area (Å²) in [7, 11) is 0. The van der Waals surface area contributed by atoms with Gasteiger partial charge in [-0.25, -0.2) is 4.98 Å². The first-order chi connectivity index (χ1) is 7.65. The molecule has 0 amide bonds. The van der Waals surface area contributed by atoms with Gasteiger partial charge in [0.2, 0.25) is 0 Å². The van der Waals surface area contributed by atoms with Gasteiger partial charge in [-0.05, 0) is 18.2 Å². The Hall–Kier alpha value is -1.39. The van der Waals surface area contributed by atoms with Gasteiger partial charge in [0.05, 0.1) is 6.42 Å². The second-order valence-corrected chi connectivity index (χ2v) is 4.71. The van der Waals surface area contributed by atoms with Crippen molar-refractivity contribution in [3.8, 4) is 0 Å². The Morgan fingerprint density at radius 1 is 1.44 bits per heavy atom. The summed E-state index contributed by atoms with van der Waals surface area (Å²) in [5.74, 6) is -0.0239. The summed E-state index contributed by atoms with van der Waals surface area (Å²) in [5.41, 5.74) is 6.64. The van der Waals surface area contributed by atoms with Crippen LogP contribution in [0.2, 0.25) is 5.02 Å². The molecule has 1 aromatic heterocycles. The molecule has 16 heavy (non-hydrogen) atoms. The van der Waals surface area contributed by atoms with Gasteiger partial charge in [0.15, 0.2) is 5.78 Å². The van der Waals surface area contributed by atoms with Crippen LogP contribution in [0.15, 0.2) is 29.8 Å². The number of rotatable bonds is 3. The monoisotopic (exact) mass is 252 g/mol. The van der Waals surface area contributed by atoms with Gasteiger partial charge in [0.25, 0.3) is 0 Å². The average Bonchev–Trinajstić information content (AvgIpc) is 2.68. The van der Waals surface area contributed by atoms with E-state index in [4.69, 9.17) is 17.3 Å². The molecule has 0 saturated heterocycles. The minimum Gasteiger partial charge on any atom is -0.399 e. The Bertz CT molecular complexity index is 490. The van der Waals surface area contributed by atoms with Gasteiger partial charge in [0, 0.05) is 27.9 Å². The summed E-state index contributed by atoms with van der Waals surface area (Å²) >= 11 is 7.29. The van der Waals surface area contributed by atoms with Crippen molar-refractivity contribution in [2.24, 2.45) is 0 Å². The summed E-state index contributed by atoms with van der Waals surface area (Å²) in [6.45, 7) is 0. The van der Waals surface area contributed by atoms with E-state index in [9.17, 15) is 4.79 Å². The highest BCUT2D eigenvalue weighted by Crippen LogP contribution is 2.18. The molecular weight excluding hydrogens is 244 g/mol. The number of hydrogen-bond acceptors (Lipinski definition) is 4. The molecule has 2 aromatic rings. The number of anilines is 1. The maximum absolute atomic E-state index is 11.9. The first-order valence-corrected chi connectivity index (χ1v) is 5.88. The lowest BCUT2D eigenvalue weighted by Crippen LogP contribution is -2.04. The molecule has 0 bridgehead atoms. The lowest BCUT2D eigenvalue weighted by Gasteiger charge is -2.01. The van der Waals surface area contributed by atoms with Crippen LogP contribution in [-0.2, 0) is 6.42 Å². The molecule has 0 atom stereocenters. The van der Waals surface area contributed by atoms with E-state index in [1.165, 1.54) is 11.3 Å². The molecule has 0 fully saturated rings. The van der Waals surface area contributed by atoms with Crippen molar-refractivity contribution in [2.45, 2.75) is 6.42 Å². The number of ketones is 1. The van der Waals surface area contributed by atoms with E-state index in [2.05, 4.69) is 4.98 Å². The number of nitrogens with zero attached hydrogens (tertiary/aromatic N) is 1. The zero-order valence-corrected chi connectivity index (χ0v) is 9.89. The standard InChI is InChI=1S/C11H9ClN2OS/c12-8-3-7(4-9(13)5-8)10(15)6-11-14-1-2-16-11/h1-5H,6,13H2. The number of nitrogens with two attached hydrogens (primary N) is 1. The van der Waals surface area contributed by atoms with E-state index in [0.717, 1.165) is 5.01 Å². The summed E-state index contributed by atoms with van der Waals surface area (Å²) < 4.78 is 0. The predicted molar refractivity (Wildman–Crippen MR) is 66.0 cm³/mol. The summed E-state index contributed by atoms with van der Waals surface area (Å²) in [5, 5.41) is 3.11. The number of Topliss-reactive ketones (excluding diaryl/α,β-unsaturated/α-hetero) is 1. The molecule has 0 unspecified atom stereocenters. The Labute approximate surface area is 102 Å². The predicted octanol–water partition coefficient (Wildman–Crippen LogP) is 2.80. The van der Waals surface area contributed by atoms with Crippen LogP contribution in [0.4, 0.5) is 5.69 Å². The van der Waals surface area contributed by atoms with E-state index in [1.54, 1.807) is 24.4 Å². The van der Waals surface area contributed by atoms with Crippen molar-refractivity contribution in [1.82, 2.24) is 4.98 Å². The molecule has 0 saturated carbocycles. The maximum Gasteiger partial charge on any atom is 0.169 e. The minimum absolute atomic E-state index is 0.0239. The number of hydrogen-bond donors (Lipinski definition) is 1. The lowest BCUT2D eigenvalue weighted by atomic mass is 10.1. The molecule has 1 heterocycles. The number of carbonyl (C=O) groups excluding carboxylic acids is 1. The third kappa shape index (κ3) is 2.59. The van der Waals surface area contributed by atoms with Crippen LogP contribution in [-0.4, -0.2) is 10.8 Å². The van der Waals surface area contributed by atoms with Crippen LogP contribution >= 0.6 is 22.9 Å². The summed E-state index contributed by atoms with van der Waals surface area (Å²) in [6, 6.07) is 4.86. The quantitative estimate of drug-likeness (QED) is 0.675. The van der Waals surface area contributed by atoms with Crippen LogP contribution in [0.3, 0.4) is 0 Å². The molecule has 5 heteroatoms. The fraction of sp³-hybridized carbons (Fsp3) is 0.0909. The summed E-state index contributed by atoms with van der Waals surface area (Å²) in [6.07, 6.45) is 1.97. The first kappa shape index (κ1) is 11.1. The Morgan fingerprint density at radius 3 is 2.88 bits per heavy atom. The van der Waals surface area contributed by atoms with Crippen molar-refractivity contribution in [1.29, 1.82) is 0 Å². The van der Waals surface area contributed by atoms with Gasteiger partial charge in [0.1, 0.15) is 5.01 Å². The fourth-order valence-electron chi connectivity index (χ4n) is 1.35. The van der Waals surface area contributed by atoms with Crippen LogP contribution in [0.5, 0.6) is 0 Å². The van der Waals surface area contributed by atoms with Crippen LogP contribution in [0.25, 0.3) is 0 Å². The number of thiazole rings is 1. The van der Waals surface area contributed by atoms with Gasteiger partial charge in [-0.15, -0.1) is 11.3 Å². The van der Waals surface area contributed by atoms with Gasteiger partial charge >= 0.3 is 0 Å². The molecule has 0 spiro atoms. The van der Waals surface area contributed by atoms with Crippen molar-refractivity contribution in [3.63, 3.8) is 0 Å². The topological polar surface area (TPSA) is 56.0 Å². The van der Waals surface area contributed by atoms with Gasteiger partial charge in [-0.2, -0.15) is 0 Å². The van der Waals surface area contributed by atoms with Crippen molar-refractivity contribution < 1.29 is 4.79 Å². The number of aromatic nitrogens is 1. The van der Waals surface area contributed by atoms with E-state index in [-0.39, 0.29) is 12.2 Å². The lowest BCUT2D eigenvalue weighted by molar-refractivity contribution is 0.0993. The minimum atomic E-state index is -0.0239. The number of carbonyl (C=O) groups is 1. The number of nitrogen functional groups attached to an aromatic ring is 1. The molecule has 2 N–H and O–H groups in total. The first-order valence-electron chi connectivity index (χ1n) is 4.63. The normalized spacial score (nSPS) is 10.3. The third-order valence-electron chi connectivity index (χ3n) is 2.04. The Morgan fingerprint density at radius 2 is 2.25 bits per heavy atom. The molecule has 0 radical (unpaired) electrons. The van der Waals surface area contributed by atoms with Gasteiger partial charge < -0.3 is 5.73 Å². The van der Waals surface area contributed by atoms with E-state index < -0.39 is 0 Å². The largest absolute Gasteiger partial charge is 0.399 e. The molecule has 2 rings (SSSR count).